The molecule has 1 rings (SSSR count). The van der Waals surface area contributed by atoms with Crippen LogP contribution in [0.1, 0.15) is 23.2 Å². The van der Waals surface area contributed by atoms with E-state index in [4.69, 9.17) is 5.11 Å². The minimum absolute atomic E-state index is 0.0581. The molecule has 0 bridgehead atoms. The Hall–Kier alpha value is -1.90. The second kappa shape index (κ2) is 5.10. The minimum atomic E-state index is -0.919. The first kappa shape index (κ1) is 11.2. The van der Waals surface area contributed by atoms with Gasteiger partial charge in [-0.3, -0.25) is 9.59 Å². The van der Waals surface area contributed by atoms with E-state index in [1.165, 1.54) is 0 Å². The lowest BCUT2D eigenvalue weighted by Crippen LogP contribution is -2.04. The number of carbonyl (C=O) groups is 2. The van der Waals surface area contributed by atoms with Gasteiger partial charge in [0.25, 0.3) is 0 Å². The fourth-order valence-corrected chi connectivity index (χ4v) is 1.17. The summed E-state index contributed by atoms with van der Waals surface area (Å²) < 4.78 is 0. The Morgan fingerprint density at radius 2 is 1.73 bits per heavy atom. The second-order valence-corrected chi connectivity index (χ2v) is 3.19. The monoisotopic (exact) mass is 204 g/mol. The van der Waals surface area contributed by atoms with Crippen LogP contribution in [0.5, 0.6) is 0 Å². The first-order valence-electron chi connectivity index (χ1n) is 4.60. The van der Waals surface area contributed by atoms with Gasteiger partial charge in [0.2, 0.25) is 0 Å². The quantitative estimate of drug-likeness (QED) is 0.591. The van der Waals surface area contributed by atoms with Crippen LogP contribution < -0.4 is 0 Å². The number of carboxylic acids is 1. The molecule has 0 saturated carbocycles. The highest BCUT2D eigenvalue weighted by Gasteiger charge is 2.10. The summed E-state index contributed by atoms with van der Waals surface area (Å²) >= 11 is 0. The van der Waals surface area contributed by atoms with E-state index < -0.39 is 5.97 Å². The van der Waals surface area contributed by atoms with Gasteiger partial charge in [-0.2, -0.15) is 0 Å². The van der Waals surface area contributed by atoms with Crippen molar-refractivity contribution in [2.75, 3.05) is 0 Å². The Bertz CT molecular complexity index is 379. The van der Waals surface area contributed by atoms with Gasteiger partial charge in [-0.1, -0.05) is 36.9 Å². The summed E-state index contributed by atoms with van der Waals surface area (Å²) in [5, 5.41) is 8.46. The number of aliphatic carboxylic acids is 1. The van der Waals surface area contributed by atoms with E-state index in [1.807, 2.05) is 6.07 Å². The van der Waals surface area contributed by atoms with E-state index in [1.54, 1.807) is 24.3 Å². The van der Waals surface area contributed by atoms with Crippen molar-refractivity contribution in [3.05, 3.63) is 48.0 Å². The Kier molecular flexibility index (Phi) is 3.80. The van der Waals surface area contributed by atoms with Crippen LogP contribution in [0.2, 0.25) is 0 Å². The van der Waals surface area contributed by atoms with Crippen molar-refractivity contribution in [2.24, 2.45) is 0 Å². The van der Waals surface area contributed by atoms with Crippen LogP contribution in [0.4, 0.5) is 0 Å². The van der Waals surface area contributed by atoms with Gasteiger partial charge in [0.05, 0.1) is 0 Å². The van der Waals surface area contributed by atoms with E-state index in [2.05, 4.69) is 6.58 Å². The lowest BCUT2D eigenvalue weighted by atomic mass is 10.0. The van der Waals surface area contributed by atoms with Gasteiger partial charge >= 0.3 is 5.97 Å². The number of rotatable bonds is 5. The molecule has 0 aromatic heterocycles. The lowest BCUT2D eigenvalue weighted by molar-refractivity contribution is -0.136. The van der Waals surface area contributed by atoms with Gasteiger partial charge in [-0.25, -0.2) is 0 Å². The molecule has 0 saturated heterocycles. The van der Waals surface area contributed by atoms with Crippen LogP contribution in [-0.4, -0.2) is 16.9 Å². The molecule has 3 nitrogen and oxygen atoms in total. The van der Waals surface area contributed by atoms with Crippen molar-refractivity contribution >= 4 is 11.8 Å². The van der Waals surface area contributed by atoms with Gasteiger partial charge in [0.15, 0.2) is 5.78 Å². The maximum Gasteiger partial charge on any atom is 0.303 e. The van der Waals surface area contributed by atoms with E-state index in [0.717, 1.165) is 0 Å². The van der Waals surface area contributed by atoms with Crippen LogP contribution in [0.15, 0.2) is 42.5 Å². The molecule has 0 amide bonds. The molecular weight excluding hydrogens is 192 g/mol. The molecule has 0 aliphatic heterocycles. The van der Waals surface area contributed by atoms with Crippen molar-refractivity contribution in [2.45, 2.75) is 12.8 Å². The summed E-state index contributed by atoms with van der Waals surface area (Å²) in [5.41, 5.74) is 0.886. The predicted molar refractivity (Wildman–Crippen MR) is 56.8 cm³/mol. The molecule has 78 valence electrons. The fourth-order valence-electron chi connectivity index (χ4n) is 1.17. The molecule has 0 aliphatic carbocycles. The highest BCUT2D eigenvalue weighted by molar-refractivity contribution is 6.08. The molecule has 0 atom stereocenters. The third-order valence-electron chi connectivity index (χ3n) is 2.00. The number of benzene rings is 1. The summed E-state index contributed by atoms with van der Waals surface area (Å²) in [5.74, 6) is -1.10. The molecule has 0 aliphatic rings. The van der Waals surface area contributed by atoms with Crippen molar-refractivity contribution < 1.29 is 14.7 Å². The topological polar surface area (TPSA) is 54.4 Å². The maximum absolute atomic E-state index is 11.7. The molecule has 1 N–H and O–H groups in total. The number of carbonyl (C=O) groups excluding carboxylic acids is 1. The minimum Gasteiger partial charge on any atom is -0.481 e. The number of hydrogen-bond acceptors (Lipinski definition) is 2. The standard InChI is InChI=1S/C12H12O3/c1-9(7-8-11(13)14)12(15)10-5-3-2-4-6-10/h2-6H,1,7-8H2,(H,13,14). The molecule has 0 fully saturated rings. The number of allylic oxidation sites excluding steroid dienone is 1. The van der Waals surface area contributed by atoms with Crippen LogP contribution in [0.3, 0.4) is 0 Å². The highest BCUT2D eigenvalue weighted by Crippen LogP contribution is 2.11. The Balaban J connectivity index is 2.62. The second-order valence-electron chi connectivity index (χ2n) is 3.19. The van der Waals surface area contributed by atoms with Gasteiger partial charge in [0, 0.05) is 12.0 Å². The van der Waals surface area contributed by atoms with Crippen molar-refractivity contribution in [3.63, 3.8) is 0 Å². The number of carboxylic acid groups (broad SMARTS) is 1. The molecule has 1 aromatic rings. The first-order chi connectivity index (χ1) is 7.11. The summed E-state index contributed by atoms with van der Waals surface area (Å²) in [4.78, 5) is 22.0. The number of Topliss-reactive ketones (excluding diaryl/α,β-unsaturated/α-hetero) is 1. The van der Waals surface area contributed by atoms with Crippen LogP contribution in [-0.2, 0) is 4.79 Å². The summed E-state index contributed by atoms with van der Waals surface area (Å²) in [6.07, 6.45) is 0.139. The molecule has 1 aromatic carbocycles. The Morgan fingerprint density at radius 3 is 2.27 bits per heavy atom. The molecule has 3 heteroatoms. The third kappa shape index (κ3) is 3.38. The van der Waals surface area contributed by atoms with Crippen molar-refractivity contribution in [1.82, 2.24) is 0 Å². The zero-order chi connectivity index (χ0) is 11.3. The Labute approximate surface area is 88.0 Å². The fraction of sp³-hybridized carbons (Fsp3) is 0.167. The van der Waals surface area contributed by atoms with E-state index in [0.29, 0.717) is 11.1 Å². The summed E-state index contributed by atoms with van der Waals surface area (Å²) in [6.45, 7) is 3.59. The third-order valence-corrected chi connectivity index (χ3v) is 2.00. The van der Waals surface area contributed by atoms with Gasteiger partial charge in [-0.05, 0) is 12.0 Å². The van der Waals surface area contributed by atoms with Gasteiger partial charge in [-0.15, -0.1) is 0 Å². The average molecular weight is 204 g/mol. The molecule has 15 heavy (non-hydrogen) atoms. The smallest absolute Gasteiger partial charge is 0.303 e. The zero-order valence-corrected chi connectivity index (χ0v) is 8.27. The van der Waals surface area contributed by atoms with Crippen LogP contribution >= 0.6 is 0 Å². The first-order valence-corrected chi connectivity index (χ1v) is 4.60. The maximum atomic E-state index is 11.7. The molecule has 0 heterocycles. The van der Waals surface area contributed by atoms with E-state index >= 15 is 0 Å². The van der Waals surface area contributed by atoms with Crippen molar-refractivity contribution in [3.8, 4) is 0 Å². The predicted octanol–water partition coefficient (Wildman–Crippen LogP) is 2.29. The number of ketones is 1. The molecule has 0 radical (unpaired) electrons. The normalized spacial score (nSPS) is 9.60. The molecule has 0 unspecified atom stereocenters. The van der Waals surface area contributed by atoms with E-state index in [9.17, 15) is 9.59 Å². The van der Waals surface area contributed by atoms with Crippen molar-refractivity contribution in [1.29, 1.82) is 0 Å². The van der Waals surface area contributed by atoms with Gasteiger partial charge < -0.3 is 5.11 Å². The van der Waals surface area contributed by atoms with Crippen LogP contribution in [0, 0.1) is 0 Å². The lowest BCUT2D eigenvalue weighted by Gasteiger charge is -2.02. The van der Waals surface area contributed by atoms with Crippen LogP contribution in [0.25, 0.3) is 0 Å². The summed E-state index contributed by atoms with van der Waals surface area (Å²) in [6, 6.07) is 8.72. The summed E-state index contributed by atoms with van der Waals surface area (Å²) in [7, 11) is 0. The Morgan fingerprint density at radius 1 is 1.13 bits per heavy atom. The number of hydrogen-bond donors (Lipinski definition) is 1. The zero-order valence-electron chi connectivity index (χ0n) is 8.27. The van der Waals surface area contributed by atoms with Gasteiger partial charge in [0.1, 0.15) is 0 Å². The van der Waals surface area contributed by atoms with E-state index in [-0.39, 0.29) is 18.6 Å². The highest BCUT2D eigenvalue weighted by atomic mass is 16.4. The largest absolute Gasteiger partial charge is 0.481 e. The molecular formula is C12H12O3. The average Bonchev–Trinajstić information content (AvgIpc) is 2.26. The molecule has 0 spiro atoms. The SMILES string of the molecule is C=C(CCC(=O)O)C(=O)c1ccccc1.